The van der Waals surface area contributed by atoms with Gasteiger partial charge in [0, 0.05) is 6.20 Å². The number of hydrogen-bond acceptors (Lipinski definition) is 3. The van der Waals surface area contributed by atoms with Gasteiger partial charge in [0.05, 0.1) is 17.3 Å². The Morgan fingerprint density at radius 1 is 0.917 bits per heavy atom. The maximum absolute atomic E-state index is 12.7. The van der Waals surface area contributed by atoms with Crippen molar-refractivity contribution in [1.29, 1.82) is 0 Å². The third kappa shape index (κ3) is 3.49. The van der Waals surface area contributed by atoms with E-state index in [-0.39, 0.29) is 11.9 Å². The summed E-state index contributed by atoms with van der Waals surface area (Å²) in [6, 6.07) is 19.6. The van der Waals surface area contributed by atoms with E-state index >= 15 is 0 Å². The molecule has 1 heterocycles. The maximum Gasteiger partial charge on any atom is 0.255 e. The van der Waals surface area contributed by atoms with E-state index in [1.807, 2.05) is 74.5 Å². The minimum atomic E-state index is -0.222. The van der Waals surface area contributed by atoms with Gasteiger partial charge in [0.2, 0.25) is 0 Å². The Morgan fingerprint density at radius 3 is 1.96 bits per heavy atom. The van der Waals surface area contributed by atoms with Crippen LogP contribution in [-0.2, 0) is 0 Å². The minimum absolute atomic E-state index is 0.176. The van der Waals surface area contributed by atoms with E-state index in [1.54, 1.807) is 6.20 Å². The van der Waals surface area contributed by atoms with Crippen LogP contribution in [0, 0.1) is 13.8 Å². The summed E-state index contributed by atoms with van der Waals surface area (Å²) in [5.74, 6) is 0.483. The molecule has 1 N–H and O–H groups in total. The molecule has 1 amide bonds. The topological polar surface area (TPSA) is 54.9 Å². The van der Waals surface area contributed by atoms with Gasteiger partial charge in [-0.15, -0.1) is 0 Å². The number of carbonyl (C=O) groups is 1. The molecular weight excluding hydrogens is 298 g/mol. The van der Waals surface area contributed by atoms with Gasteiger partial charge in [0.15, 0.2) is 0 Å². The number of amides is 1. The fraction of sp³-hybridized carbons (Fsp3) is 0.150. The first-order chi connectivity index (χ1) is 11.6. The second-order valence-electron chi connectivity index (χ2n) is 5.64. The largest absolute Gasteiger partial charge is 0.341 e. The van der Waals surface area contributed by atoms with Gasteiger partial charge in [0.1, 0.15) is 5.82 Å². The van der Waals surface area contributed by atoms with Gasteiger partial charge in [0.25, 0.3) is 5.91 Å². The van der Waals surface area contributed by atoms with E-state index in [9.17, 15) is 4.79 Å². The van der Waals surface area contributed by atoms with Gasteiger partial charge in [-0.3, -0.25) is 4.79 Å². The van der Waals surface area contributed by atoms with Crippen LogP contribution in [0.15, 0.2) is 66.9 Å². The monoisotopic (exact) mass is 317 g/mol. The first-order valence-corrected chi connectivity index (χ1v) is 7.86. The van der Waals surface area contributed by atoms with Gasteiger partial charge in [-0.25, -0.2) is 9.97 Å². The molecule has 0 bridgehead atoms. The quantitative estimate of drug-likeness (QED) is 0.799. The summed E-state index contributed by atoms with van der Waals surface area (Å²) in [6.45, 7) is 3.63. The van der Waals surface area contributed by atoms with Crippen molar-refractivity contribution in [2.45, 2.75) is 19.9 Å². The Morgan fingerprint density at radius 2 is 1.46 bits per heavy atom. The van der Waals surface area contributed by atoms with Gasteiger partial charge in [-0.05, 0) is 25.0 Å². The standard InChI is InChI=1S/C20H19N3O/c1-14-18(13-21-15(2)22-14)20(24)23-19(16-9-5-3-6-10-16)17-11-7-4-8-12-17/h3-13,19H,1-2H3,(H,23,24). The average molecular weight is 317 g/mol. The van der Waals surface area contributed by atoms with Crippen LogP contribution in [0.3, 0.4) is 0 Å². The molecule has 120 valence electrons. The SMILES string of the molecule is Cc1ncc(C(=O)NC(c2ccccc2)c2ccccc2)c(C)n1. The molecule has 1 aromatic heterocycles. The van der Waals surface area contributed by atoms with Gasteiger partial charge in [-0.2, -0.15) is 0 Å². The lowest BCUT2D eigenvalue weighted by molar-refractivity contribution is 0.0941. The Hall–Kier alpha value is -3.01. The Bertz CT molecular complexity index is 793. The van der Waals surface area contributed by atoms with E-state index in [1.165, 1.54) is 0 Å². The molecule has 0 saturated carbocycles. The number of nitrogens with one attached hydrogen (secondary N) is 1. The smallest absolute Gasteiger partial charge is 0.255 e. The minimum Gasteiger partial charge on any atom is -0.341 e. The normalized spacial score (nSPS) is 10.6. The molecule has 0 unspecified atom stereocenters. The molecule has 2 aromatic carbocycles. The molecular formula is C20H19N3O. The number of nitrogens with zero attached hydrogens (tertiary/aromatic N) is 2. The van der Waals surface area contributed by atoms with Crippen LogP contribution < -0.4 is 5.32 Å². The zero-order valence-electron chi connectivity index (χ0n) is 13.7. The van der Waals surface area contributed by atoms with E-state index < -0.39 is 0 Å². The van der Waals surface area contributed by atoms with Crippen molar-refractivity contribution in [3.63, 3.8) is 0 Å². The summed E-state index contributed by atoms with van der Waals surface area (Å²) in [6.07, 6.45) is 1.58. The molecule has 0 fully saturated rings. The van der Waals surface area contributed by atoms with E-state index in [0.29, 0.717) is 17.1 Å². The van der Waals surface area contributed by atoms with Crippen molar-refractivity contribution in [1.82, 2.24) is 15.3 Å². The van der Waals surface area contributed by atoms with Crippen molar-refractivity contribution >= 4 is 5.91 Å². The molecule has 24 heavy (non-hydrogen) atoms. The second kappa shape index (κ2) is 7.04. The van der Waals surface area contributed by atoms with Gasteiger partial charge in [-0.1, -0.05) is 60.7 Å². The van der Waals surface area contributed by atoms with E-state index in [2.05, 4.69) is 15.3 Å². The first-order valence-electron chi connectivity index (χ1n) is 7.86. The third-order valence-corrected chi connectivity index (χ3v) is 3.89. The predicted octanol–water partition coefficient (Wildman–Crippen LogP) is 3.61. The lowest BCUT2D eigenvalue weighted by Crippen LogP contribution is -2.30. The van der Waals surface area contributed by atoms with Crippen LogP contribution in [0.25, 0.3) is 0 Å². The zero-order valence-corrected chi connectivity index (χ0v) is 13.7. The summed E-state index contributed by atoms with van der Waals surface area (Å²) in [5.41, 5.74) is 3.24. The van der Waals surface area contributed by atoms with Crippen LogP contribution in [0.1, 0.15) is 39.0 Å². The molecule has 4 nitrogen and oxygen atoms in total. The molecule has 0 aliphatic rings. The summed E-state index contributed by atoms with van der Waals surface area (Å²) in [7, 11) is 0. The third-order valence-electron chi connectivity index (χ3n) is 3.89. The number of aryl methyl sites for hydroxylation is 2. The second-order valence-corrected chi connectivity index (χ2v) is 5.64. The van der Waals surface area contributed by atoms with Gasteiger partial charge < -0.3 is 5.32 Å². The molecule has 0 saturated heterocycles. The van der Waals surface area contributed by atoms with Crippen molar-refractivity contribution in [3.8, 4) is 0 Å². The molecule has 0 aliphatic heterocycles. The molecule has 0 atom stereocenters. The molecule has 4 heteroatoms. The van der Waals surface area contributed by atoms with Crippen LogP contribution in [0.4, 0.5) is 0 Å². The van der Waals surface area contributed by atoms with Crippen molar-refractivity contribution in [2.75, 3.05) is 0 Å². The van der Waals surface area contributed by atoms with E-state index in [0.717, 1.165) is 11.1 Å². The summed E-state index contributed by atoms with van der Waals surface area (Å²) < 4.78 is 0. The highest BCUT2D eigenvalue weighted by molar-refractivity contribution is 5.95. The number of rotatable bonds is 4. The highest BCUT2D eigenvalue weighted by atomic mass is 16.1. The van der Waals surface area contributed by atoms with Crippen LogP contribution in [0.5, 0.6) is 0 Å². The van der Waals surface area contributed by atoms with Crippen LogP contribution in [-0.4, -0.2) is 15.9 Å². The Kier molecular flexibility index (Phi) is 4.66. The highest BCUT2D eigenvalue weighted by Crippen LogP contribution is 2.22. The molecule has 3 rings (SSSR count). The summed E-state index contributed by atoms with van der Waals surface area (Å²) in [4.78, 5) is 21.2. The fourth-order valence-electron chi connectivity index (χ4n) is 2.67. The number of hydrogen-bond donors (Lipinski definition) is 1. The van der Waals surface area contributed by atoms with Gasteiger partial charge >= 0.3 is 0 Å². The van der Waals surface area contributed by atoms with E-state index in [4.69, 9.17) is 0 Å². The number of carbonyl (C=O) groups excluding carboxylic acids is 1. The Balaban J connectivity index is 1.94. The fourth-order valence-corrected chi connectivity index (χ4v) is 2.67. The highest BCUT2D eigenvalue weighted by Gasteiger charge is 2.19. The Labute approximate surface area is 141 Å². The predicted molar refractivity (Wildman–Crippen MR) is 93.7 cm³/mol. The van der Waals surface area contributed by atoms with Crippen LogP contribution >= 0.6 is 0 Å². The van der Waals surface area contributed by atoms with Crippen molar-refractivity contribution in [2.24, 2.45) is 0 Å². The summed E-state index contributed by atoms with van der Waals surface area (Å²) >= 11 is 0. The molecule has 0 spiro atoms. The lowest BCUT2D eigenvalue weighted by atomic mass is 9.98. The number of benzene rings is 2. The maximum atomic E-state index is 12.7. The van der Waals surface area contributed by atoms with Crippen molar-refractivity contribution < 1.29 is 4.79 Å². The first kappa shape index (κ1) is 15.9. The average Bonchev–Trinajstić information content (AvgIpc) is 2.61. The van der Waals surface area contributed by atoms with Crippen molar-refractivity contribution in [3.05, 3.63) is 95.1 Å². The zero-order chi connectivity index (χ0) is 16.9. The molecule has 0 radical (unpaired) electrons. The lowest BCUT2D eigenvalue weighted by Gasteiger charge is -2.20. The summed E-state index contributed by atoms with van der Waals surface area (Å²) in [5, 5.41) is 3.11. The molecule has 0 aliphatic carbocycles. The van der Waals surface area contributed by atoms with Crippen LogP contribution in [0.2, 0.25) is 0 Å². The molecule has 3 aromatic rings. The number of aromatic nitrogens is 2.